The first-order chi connectivity index (χ1) is 9.61. The summed E-state index contributed by atoms with van der Waals surface area (Å²) in [5.74, 6) is 0.0267. The molecule has 1 aromatic heterocycles. The third kappa shape index (κ3) is 2.18. The van der Waals surface area contributed by atoms with Crippen molar-refractivity contribution < 1.29 is 4.79 Å². The van der Waals surface area contributed by atoms with Gasteiger partial charge in [0.1, 0.15) is 4.60 Å². The van der Waals surface area contributed by atoms with Gasteiger partial charge in [-0.1, -0.05) is 18.2 Å². The maximum Gasteiger partial charge on any atom is 0.263 e. The summed E-state index contributed by atoms with van der Waals surface area (Å²) in [4.78, 5) is 12.9. The molecular weight excluding hydrogens is 384 g/mol. The zero-order valence-electron chi connectivity index (χ0n) is 11.0. The minimum absolute atomic E-state index is 0.0267. The third-order valence-electron chi connectivity index (χ3n) is 3.68. The zero-order valence-corrected chi connectivity index (χ0v) is 14.2. The van der Waals surface area contributed by atoms with E-state index in [-0.39, 0.29) is 5.91 Å². The fourth-order valence-corrected chi connectivity index (χ4v) is 3.77. The molecule has 20 heavy (non-hydrogen) atoms. The van der Waals surface area contributed by atoms with Gasteiger partial charge in [0.25, 0.3) is 5.91 Å². The quantitative estimate of drug-likeness (QED) is 0.796. The van der Waals surface area contributed by atoms with E-state index < -0.39 is 0 Å². The summed E-state index contributed by atoms with van der Waals surface area (Å²) in [6.45, 7) is 3.66. The summed E-state index contributed by atoms with van der Waals surface area (Å²) in [5, 5.41) is 3.34. The van der Waals surface area contributed by atoms with Crippen LogP contribution in [0.5, 0.6) is 0 Å². The van der Waals surface area contributed by atoms with E-state index in [4.69, 9.17) is 0 Å². The second-order valence-electron chi connectivity index (χ2n) is 4.91. The molecule has 2 aromatic rings. The summed E-state index contributed by atoms with van der Waals surface area (Å²) in [6.07, 6.45) is 0.858. The van der Waals surface area contributed by atoms with Gasteiger partial charge in [-0.05, 0) is 50.4 Å². The van der Waals surface area contributed by atoms with Gasteiger partial charge in [0.2, 0.25) is 0 Å². The average Bonchev–Trinajstić information content (AvgIpc) is 2.71. The van der Waals surface area contributed by atoms with E-state index in [0.29, 0.717) is 0 Å². The molecule has 0 fully saturated rings. The van der Waals surface area contributed by atoms with Crippen LogP contribution in [0.3, 0.4) is 0 Å². The van der Waals surface area contributed by atoms with Crippen LogP contribution in [0.2, 0.25) is 0 Å². The summed E-state index contributed by atoms with van der Waals surface area (Å²) in [6, 6.07) is 7.70. The van der Waals surface area contributed by atoms with Gasteiger partial charge < -0.3 is 5.32 Å². The number of carbonyl (C=O) groups excluding carboxylic acids is 1. The summed E-state index contributed by atoms with van der Waals surface area (Å²) in [5.41, 5.74) is 4.01. The molecule has 0 bridgehead atoms. The van der Waals surface area contributed by atoms with Gasteiger partial charge in [-0.25, -0.2) is 0 Å². The number of halogens is 2. The molecule has 0 aliphatic carbocycles. The Morgan fingerprint density at radius 2 is 2.05 bits per heavy atom. The van der Waals surface area contributed by atoms with E-state index in [1.807, 2.05) is 31.2 Å². The first-order valence-electron chi connectivity index (χ1n) is 6.49. The molecule has 0 radical (unpaired) electrons. The summed E-state index contributed by atoms with van der Waals surface area (Å²) >= 11 is 7.14. The Balaban J connectivity index is 2.16. The second kappa shape index (κ2) is 5.47. The molecule has 1 N–H and O–H groups in total. The van der Waals surface area contributed by atoms with E-state index in [0.717, 1.165) is 45.4 Å². The van der Waals surface area contributed by atoms with Crippen LogP contribution in [0.25, 0.3) is 0 Å². The number of carbonyl (C=O) groups is 1. The Labute approximate surface area is 134 Å². The van der Waals surface area contributed by atoms with Crippen LogP contribution in [0.1, 0.15) is 27.2 Å². The van der Waals surface area contributed by atoms with Crippen LogP contribution in [0, 0.1) is 6.92 Å². The molecule has 2 heterocycles. The number of rotatable bonds is 1. The SMILES string of the molecule is Cc1ccccc1C(=O)n1c(Br)c(Br)c2c1CCNC2. The minimum atomic E-state index is 0.0267. The predicted octanol–water partition coefficient (Wildman–Crippen LogP) is 3.66. The highest BCUT2D eigenvalue weighted by molar-refractivity contribution is 9.13. The predicted molar refractivity (Wildman–Crippen MR) is 86.2 cm³/mol. The van der Waals surface area contributed by atoms with E-state index in [9.17, 15) is 4.79 Å². The molecule has 1 aliphatic heterocycles. The maximum absolute atomic E-state index is 12.9. The van der Waals surface area contributed by atoms with Crippen LogP contribution < -0.4 is 5.32 Å². The van der Waals surface area contributed by atoms with Crippen LogP contribution in [0.15, 0.2) is 33.3 Å². The molecular formula is C15H14Br2N2O. The Morgan fingerprint density at radius 1 is 1.30 bits per heavy atom. The minimum Gasteiger partial charge on any atom is -0.312 e. The van der Waals surface area contributed by atoms with Crippen LogP contribution >= 0.6 is 31.9 Å². The standard InChI is InChI=1S/C15H14Br2N2O/c1-9-4-2-3-5-10(9)15(20)19-12-6-7-18-8-11(12)13(16)14(19)17/h2-5,18H,6-8H2,1H3. The normalized spacial score (nSPS) is 14.2. The van der Waals surface area contributed by atoms with Crippen molar-refractivity contribution in [2.24, 2.45) is 0 Å². The molecule has 3 rings (SSSR count). The van der Waals surface area contributed by atoms with E-state index in [2.05, 4.69) is 37.2 Å². The smallest absolute Gasteiger partial charge is 0.263 e. The number of fused-ring (bicyclic) bond motifs is 1. The molecule has 0 unspecified atom stereocenters. The van der Waals surface area contributed by atoms with Crippen molar-refractivity contribution in [3.63, 3.8) is 0 Å². The van der Waals surface area contributed by atoms with Crippen LogP contribution in [-0.2, 0) is 13.0 Å². The van der Waals surface area contributed by atoms with Gasteiger partial charge in [-0.2, -0.15) is 0 Å². The Morgan fingerprint density at radius 3 is 2.80 bits per heavy atom. The topological polar surface area (TPSA) is 34.0 Å². The Hall–Kier alpha value is -0.910. The molecule has 1 aliphatic rings. The largest absolute Gasteiger partial charge is 0.312 e. The molecule has 1 aromatic carbocycles. The van der Waals surface area contributed by atoms with Gasteiger partial charge in [-0.3, -0.25) is 9.36 Å². The Bertz CT molecular complexity index is 691. The van der Waals surface area contributed by atoms with Crippen molar-refractivity contribution in [3.8, 4) is 0 Å². The maximum atomic E-state index is 12.9. The summed E-state index contributed by atoms with van der Waals surface area (Å²) in [7, 11) is 0. The highest BCUT2D eigenvalue weighted by atomic mass is 79.9. The number of benzene rings is 1. The molecule has 0 atom stereocenters. The lowest BCUT2D eigenvalue weighted by Gasteiger charge is -2.16. The lowest BCUT2D eigenvalue weighted by molar-refractivity contribution is 0.0953. The molecule has 0 spiro atoms. The first-order valence-corrected chi connectivity index (χ1v) is 8.08. The molecule has 104 valence electrons. The van der Waals surface area contributed by atoms with Gasteiger partial charge in [0.15, 0.2) is 0 Å². The number of hydrogen-bond donors (Lipinski definition) is 1. The Kier molecular flexibility index (Phi) is 3.84. The van der Waals surface area contributed by atoms with Crippen LogP contribution in [0.4, 0.5) is 0 Å². The lowest BCUT2D eigenvalue weighted by atomic mass is 10.1. The van der Waals surface area contributed by atoms with Gasteiger partial charge in [0, 0.05) is 36.3 Å². The highest BCUT2D eigenvalue weighted by Crippen LogP contribution is 2.35. The highest BCUT2D eigenvalue weighted by Gasteiger charge is 2.26. The number of nitrogens with one attached hydrogen (secondary N) is 1. The van der Waals surface area contributed by atoms with Gasteiger partial charge in [-0.15, -0.1) is 0 Å². The number of hydrogen-bond acceptors (Lipinski definition) is 2. The second-order valence-corrected chi connectivity index (χ2v) is 6.46. The average molecular weight is 398 g/mol. The molecule has 0 saturated heterocycles. The van der Waals surface area contributed by atoms with Crippen molar-refractivity contribution in [1.29, 1.82) is 0 Å². The van der Waals surface area contributed by atoms with Crippen molar-refractivity contribution in [1.82, 2.24) is 9.88 Å². The number of nitrogens with zero attached hydrogens (tertiary/aromatic N) is 1. The fourth-order valence-electron chi connectivity index (χ4n) is 2.61. The van der Waals surface area contributed by atoms with Crippen molar-refractivity contribution >= 4 is 37.8 Å². The van der Waals surface area contributed by atoms with E-state index in [1.54, 1.807) is 4.57 Å². The lowest BCUT2D eigenvalue weighted by Crippen LogP contribution is -2.26. The molecule has 0 amide bonds. The van der Waals surface area contributed by atoms with Gasteiger partial charge >= 0.3 is 0 Å². The number of aromatic nitrogens is 1. The van der Waals surface area contributed by atoms with Crippen molar-refractivity contribution in [2.75, 3.05) is 6.54 Å². The van der Waals surface area contributed by atoms with E-state index >= 15 is 0 Å². The van der Waals surface area contributed by atoms with Crippen LogP contribution in [-0.4, -0.2) is 17.0 Å². The van der Waals surface area contributed by atoms with Crippen molar-refractivity contribution in [2.45, 2.75) is 19.9 Å². The molecule has 0 saturated carbocycles. The third-order valence-corrected chi connectivity index (χ3v) is 5.82. The van der Waals surface area contributed by atoms with Crippen molar-refractivity contribution in [3.05, 3.63) is 55.7 Å². The number of aryl methyl sites for hydroxylation is 1. The first kappa shape index (κ1) is 14.0. The monoisotopic (exact) mass is 396 g/mol. The molecule has 3 nitrogen and oxygen atoms in total. The van der Waals surface area contributed by atoms with Gasteiger partial charge in [0.05, 0.1) is 4.47 Å². The van der Waals surface area contributed by atoms with E-state index in [1.165, 1.54) is 5.56 Å². The molecule has 5 heteroatoms. The summed E-state index contributed by atoms with van der Waals surface area (Å²) < 4.78 is 3.57. The zero-order chi connectivity index (χ0) is 14.3. The fraction of sp³-hybridized carbons (Fsp3) is 0.267.